The van der Waals surface area contributed by atoms with Gasteiger partial charge in [0.1, 0.15) is 0 Å². The SMILES string of the molecule is c1ncn(C2CC2)c1CNC1CC2CC1C1CCCC21. The van der Waals surface area contributed by atoms with Crippen molar-refractivity contribution in [1.82, 2.24) is 14.9 Å². The lowest BCUT2D eigenvalue weighted by Crippen LogP contribution is -2.39. The average molecular weight is 271 g/mol. The van der Waals surface area contributed by atoms with Gasteiger partial charge < -0.3 is 9.88 Å². The minimum Gasteiger partial charge on any atom is -0.330 e. The highest BCUT2D eigenvalue weighted by Crippen LogP contribution is 2.58. The first-order valence-corrected chi connectivity index (χ1v) is 8.64. The van der Waals surface area contributed by atoms with Gasteiger partial charge in [0.05, 0.1) is 12.0 Å². The standard InChI is InChI=1S/C17H25N3/c1-2-14-11-6-16(15(14)3-1)17(7-11)19-9-13-8-18-10-20(13)12-4-5-12/h8,10-12,14-17,19H,1-7,9H2. The van der Waals surface area contributed by atoms with Gasteiger partial charge in [-0.25, -0.2) is 4.98 Å². The largest absolute Gasteiger partial charge is 0.330 e. The minimum absolute atomic E-state index is 0.758. The van der Waals surface area contributed by atoms with E-state index >= 15 is 0 Å². The topological polar surface area (TPSA) is 29.9 Å². The van der Waals surface area contributed by atoms with Crippen molar-refractivity contribution in [3.05, 3.63) is 18.2 Å². The Labute approximate surface area is 121 Å². The second-order valence-electron chi connectivity index (χ2n) is 7.66. The van der Waals surface area contributed by atoms with Crippen LogP contribution in [0.5, 0.6) is 0 Å². The molecule has 0 spiro atoms. The molecule has 0 aliphatic heterocycles. The van der Waals surface area contributed by atoms with Crippen molar-refractivity contribution in [2.24, 2.45) is 23.7 Å². The summed E-state index contributed by atoms with van der Waals surface area (Å²) >= 11 is 0. The highest BCUT2D eigenvalue weighted by Gasteiger charge is 2.53. The molecule has 0 aromatic carbocycles. The predicted molar refractivity (Wildman–Crippen MR) is 78.2 cm³/mol. The molecule has 4 fully saturated rings. The maximum atomic E-state index is 4.35. The van der Waals surface area contributed by atoms with Crippen molar-refractivity contribution in [3.63, 3.8) is 0 Å². The second kappa shape index (κ2) is 4.33. The van der Waals surface area contributed by atoms with Gasteiger partial charge in [-0.15, -0.1) is 0 Å². The zero-order valence-electron chi connectivity index (χ0n) is 12.2. The fourth-order valence-corrected chi connectivity index (χ4v) is 5.69. The molecule has 5 atom stereocenters. The molecule has 1 N–H and O–H groups in total. The lowest BCUT2D eigenvalue weighted by atomic mass is 9.79. The van der Waals surface area contributed by atoms with E-state index < -0.39 is 0 Å². The Morgan fingerprint density at radius 2 is 2.00 bits per heavy atom. The van der Waals surface area contributed by atoms with E-state index in [0.717, 1.165) is 42.3 Å². The molecular formula is C17H25N3. The average Bonchev–Trinajstić information content (AvgIpc) is 2.91. The summed E-state index contributed by atoms with van der Waals surface area (Å²) in [5.41, 5.74) is 1.40. The smallest absolute Gasteiger partial charge is 0.0951 e. The molecule has 5 unspecified atom stereocenters. The number of nitrogens with one attached hydrogen (secondary N) is 1. The van der Waals surface area contributed by atoms with Crippen molar-refractivity contribution in [3.8, 4) is 0 Å². The van der Waals surface area contributed by atoms with Crippen LogP contribution in [0.25, 0.3) is 0 Å². The van der Waals surface area contributed by atoms with Crippen LogP contribution in [0, 0.1) is 23.7 Å². The number of hydrogen-bond acceptors (Lipinski definition) is 2. The van der Waals surface area contributed by atoms with Gasteiger partial charge in [-0.1, -0.05) is 6.42 Å². The van der Waals surface area contributed by atoms with Gasteiger partial charge >= 0.3 is 0 Å². The molecule has 0 radical (unpaired) electrons. The molecule has 1 heterocycles. The van der Waals surface area contributed by atoms with Crippen LogP contribution in [0.1, 0.15) is 56.7 Å². The lowest BCUT2D eigenvalue weighted by molar-refractivity contribution is 0.207. The van der Waals surface area contributed by atoms with Gasteiger partial charge in [0.15, 0.2) is 0 Å². The normalized spacial score (nSPS) is 42.3. The van der Waals surface area contributed by atoms with E-state index in [2.05, 4.69) is 21.1 Å². The van der Waals surface area contributed by atoms with Crippen LogP contribution in [0.15, 0.2) is 12.5 Å². The zero-order valence-corrected chi connectivity index (χ0v) is 12.2. The molecule has 2 bridgehead atoms. The molecule has 108 valence electrons. The van der Waals surface area contributed by atoms with Crippen molar-refractivity contribution in [2.45, 2.75) is 63.6 Å². The summed E-state index contributed by atoms with van der Waals surface area (Å²) in [7, 11) is 0. The fraction of sp³-hybridized carbons (Fsp3) is 0.824. The Morgan fingerprint density at radius 1 is 1.10 bits per heavy atom. The van der Waals surface area contributed by atoms with E-state index in [1.54, 1.807) is 0 Å². The summed E-state index contributed by atoms with van der Waals surface area (Å²) in [6.07, 6.45) is 14.3. The molecule has 4 aliphatic rings. The summed E-state index contributed by atoms with van der Waals surface area (Å²) in [6.45, 7) is 1.03. The van der Waals surface area contributed by atoms with Gasteiger partial charge in [-0.2, -0.15) is 0 Å². The van der Waals surface area contributed by atoms with Crippen molar-refractivity contribution < 1.29 is 0 Å². The van der Waals surface area contributed by atoms with E-state index in [1.165, 1.54) is 50.6 Å². The Balaban J connectivity index is 1.26. The highest BCUT2D eigenvalue weighted by molar-refractivity contribution is 5.08. The van der Waals surface area contributed by atoms with E-state index in [4.69, 9.17) is 0 Å². The maximum absolute atomic E-state index is 4.35. The Bertz CT molecular complexity index is 504. The first-order valence-electron chi connectivity index (χ1n) is 8.64. The van der Waals surface area contributed by atoms with Crippen LogP contribution in [0.3, 0.4) is 0 Å². The van der Waals surface area contributed by atoms with Gasteiger partial charge in [0.25, 0.3) is 0 Å². The highest BCUT2D eigenvalue weighted by atomic mass is 15.1. The van der Waals surface area contributed by atoms with Crippen molar-refractivity contribution in [2.75, 3.05) is 0 Å². The van der Waals surface area contributed by atoms with Crippen LogP contribution in [0.4, 0.5) is 0 Å². The van der Waals surface area contributed by atoms with Crippen LogP contribution in [0.2, 0.25) is 0 Å². The van der Waals surface area contributed by atoms with Crippen molar-refractivity contribution >= 4 is 0 Å². The molecule has 3 nitrogen and oxygen atoms in total. The Morgan fingerprint density at radius 3 is 2.90 bits per heavy atom. The molecule has 0 saturated heterocycles. The summed E-state index contributed by atoms with van der Waals surface area (Å²) < 4.78 is 2.40. The predicted octanol–water partition coefficient (Wildman–Crippen LogP) is 3.13. The maximum Gasteiger partial charge on any atom is 0.0951 e. The van der Waals surface area contributed by atoms with Crippen LogP contribution in [-0.4, -0.2) is 15.6 Å². The minimum atomic E-state index is 0.758. The molecule has 4 aliphatic carbocycles. The molecule has 4 saturated carbocycles. The summed E-state index contributed by atoms with van der Waals surface area (Å²) in [5, 5.41) is 3.89. The van der Waals surface area contributed by atoms with Gasteiger partial charge in [-0.05, 0) is 62.2 Å². The number of rotatable bonds is 4. The quantitative estimate of drug-likeness (QED) is 0.912. The molecule has 0 amide bonds. The van der Waals surface area contributed by atoms with Crippen LogP contribution < -0.4 is 5.32 Å². The molecule has 1 aromatic heterocycles. The molecule has 5 rings (SSSR count). The first-order chi connectivity index (χ1) is 9.90. The molecular weight excluding hydrogens is 246 g/mol. The van der Waals surface area contributed by atoms with E-state index in [-0.39, 0.29) is 0 Å². The third kappa shape index (κ3) is 1.71. The molecule has 1 aromatic rings. The fourth-order valence-electron chi connectivity index (χ4n) is 5.69. The third-order valence-electron chi connectivity index (χ3n) is 6.66. The second-order valence-corrected chi connectivity index (χ2v) is 7.66. The van der Waals surface area contributed by atoms with E-state index in [1.807, 2.05) is 6.33 Å². The number of fused-ring (bicyclic) bond motifs is 5. The first kappa shape index (κ1) is 11.8. The molecule has 3 heteroatoms. The number of aromatic nitrogens is 2. The number of imidazole rings is 1. The van der Waals surface area contributed by atoms with Crippen molar-refractivity contribution in [1.29, 1.82) is 0 Å². The summed E-state index contributed by atoms with van der Waals surface area (Å²) in [4.78, 5) is 4.35. The third-order valence-corrected chi connectivity index (χ3v) is 6.66. The summed E-state index contributed by atoms with van der Waals surface area (Å²) in [5.74, 6) is 4.22. The van der Waals surface area contributed by atoms with Crippen LogP contribution >= 0.6 is 0 Å². The van der Waals surface area contributed by atoms with Gasteiger partial charge in [0.2, 0.25) is 0 Å². The lowest BCUT2D eigenvalue weighted by Gasteiger charge is -2.32. The molecule has 20 heavy (non-hydrogen) atoms. The van der Waals surface area contributed by atoms with Crippen LogP contribution in [-0.2, 0) is 6.54 Å². The Kier molecular flexibility index (Phi) is 2.55. The number of hydrogen-bond donors (Lipinski definition) is 1. The summed E-state index contributed by atoms with van der Waals surface area (Å²) in [6, 6.07) is 1.55. The van der Waals surface area contributed by atoms with E-state index in [0.29, 0.717) is 0 Å². The van der Waals surface area contributed by atoms with E-state index in [9.17, 15) is 0 Å². The zero-order chi connectivity index (χ0) is 13.1. The Hall–Kier alpha value is -0.830. The van der Waals surface area contributed by atoms with Gasteiger partial charge in [0, 0.05) is 24.8 Å². The number of nitrogens with zero attached hydrogens (tertiary/aromatic N) is 2. The van der Waals surface area contributed by atoms with Gasteiger partial charge in [-0.3, -0.25) is 0 Å². The monoisotopic (exact) mass is 271 g/mol.